The van der Waals surface area contributed by atoms with Gasteiger partial charge in [-0.15, -0.1) is 10.2 Å². The summed E-state index contributed by atoms with van der Waals surface area (Å²) >= 11 is 1.31. The highest BCUT2D eigenvalue weighted by Gasteiger charge is 2.42. The van der Waals surface area contributed by atoms with E-state index in [0.29, 0.717) is 18.9 Å². The van der Waals surface area contributed by atoms with Crippen molar-refractivity contribution in [1.29, 1.82) is 0 Å². The number of aromatic nitrogens is 3. The van der Waals surface area contributed by atoms with Gasteiger partial charge in [0, 0.05) is 6.04 Å². The second-order valence-electron chi connectivity index (χ2n) is 5.68. The normalized spacial score (nSPS) is 20.4. The summed E-state index contributed by atoms with van der Waals surface area (Å²) in [7, 11) is 0. The molecule has 2 aliphatic rings. The Kier molecular flexibility index (Phi) is 3.88. The van der Waals surface area contributed by atoms with Crippen LogP contribution in [0.2, 0.25) is 0 Å². The second-order valence-corrected chi connectivity index (χ2v) is 6.63. The highest BCUT2D eigenvalue weighted by Crippen LogP contribution is 2.37. The minimum atomic E-state index is -1.07. The Bertz CT molecular complexity index is 549. The first-order chi connectivity index (χ1) is 10.1. The van der Waals surface area contributed by atoms with E-state index in [2.05, 4.69) is 15.5 Å². The van der Waals surface area contributed by atoms with E-state index in [4.69, 9.17) is 0 Å². The third-order valence-corrected chi connectivity index (χ3v) is 5.02. The summed E-state index contributed by atoms with van der Waals surface area (Å²) in [6.45, 7) is 0. The number of nitrogens with one attached hydrogen (secondary N) is 1. The van der Waals surface area contributed by atoms with Crippen LogP contribution in [0, 0.1) is 0 Å². The van der Waals surface area contributed by atoms with E-state index < -0.39 is 11.5 Å². The van der Waals surface area contributed by atoms with Crippen molar-refractivity contribution >= 4 is 23.6 Å². The van der Waals surface area contributed by atoms with Crippen LogP contribution in [0.3, 0.4) is 0 Å². The molecule has 0 radical (unpaired) electrons. The minimum Gasteiger partial charge on any atom is -0.480 e. The molecule has 8 heteroatoms. The Balaban J connectivity index is 1.56. The van der Waals surface area contributed by atoms with Gasteiger partial charge in [-0.05, 0) is 25.7 Å². The SMILES string of the molecule is O=C(CSc1nncn1C1CC1)NC1(C(=O)O)CCCC1. The van der Waals surface area contributed by atoms with Crippen LogP contribution in [0.15, 0.2) is 11.5 Å². The molecule has 2 N–H and O–H groups in total. The Hall–Kier alpha value is -1.57. The fourth-order valence-corrected chi connectivity index (χ4v) is 3.52. The lowest BCUT2D eigenvalue weighted by Crippen LogP contribution is -2.53. The van der Waals surface area contributed by atoms with Gasteiger partial charge in [-0.1, -0.05) is 24.6 Å². The molecule has 7 nitrogen and oxygen atoms in total. The maximum Gasteiger partial charge on any atom is 0.329 e. The molecule has 1 aromatic rings. The lowest BCUT2D eigenvalue weighted by atomic mass is 9.98. The lowest BCUT2D eigenvalue weighted by molar-refractivity contribution is -0.147. The zero-order valence-electron chi connectivity index (χ0n) is 11.6. The van der Waals surface area contributed by atoms with Crippen molar-refractivity contribution in [2.75, 3.05) is 5.75 Å². The summed E-state index contributed by atoms with van der Waals surface area (Å²) < 4.78 is 1.99. The quantitative estimate of drug-likeness (QED) is 0.767. The number of carboxylic acid groups (broad SMARTS) is 1. The van der Waals surface area contributed by atoms with E-state index in [9.17, 15) is 14.7 Å². The maximum atomic E-state index is 12.0. The molecule has 1 amide bonds. The Morgan fingerprint density at radius 1 is 1.43 bits per heavy atom. The van der Waals surface area contributed by atoms with Gasteiger partial charge in [-0.2, -0.15) is 0 Å². The number of carbonyl (C=O) groups is 2. The second kappa shape index (κ2) is 5.67. The number of carboxylic acids is 1. The molecule has 0 saturated heterocycles. The van der Waals surface area contributed by atoms with Gasteiger partial charge < -0.3 is 15.0 Å². The number of amides is 1. The number of thioether (sulfide) groups is 1. The van der Waals surface area contributed by atoms with Gasteiger partial charge in [0.1, 0.15) is 11.9 Å². The topological polar surface area (TPSA) is 97.1 Å². The zero-order chi connectivity index (χ0) is 14.9. The third-order valence-electron chi connectivity index (χ3n) is 4.06. The number of rotatable bonds is 6. The van der Waals surface area contributed by atoms with Crippen LogP contribution in [-0.2, 0) is 9.59 Å². The molecule has 2 fully saturated rings. The third kappa shape index (κ3) is 3.04. The molecule has 2 aliphatic carbocycles. The van der Waals surface area contributed by atoms with E-state index in [1.165, 1.54) is 11.8 Å². The molecule has 0 atom stereocenters. The Morgan fingerprint density at radius 2 is 2.14 bits per heavy atom. The maximum absolute atomic E-state index is 12.0. The molecule has 114 valence electrons. The number of carbonyl (C=O) groups excluding carboxylic acids is 1. The van der Waals surface area contributed by atoms with Gasteiger partial charge in [0.15, 0.2) is 5.16 Å². The van der Waals surface area contributed by atoms with Gasteiger partial charge in [0.2, 0.25) is 5.91 Å². The van der Waals surface area contributed by atoms with Crippen LogP contribution in [0.25, 0.3) is 0 Å². The molecule has 1 aromatic heterocycles. The fourth-order valence-electron chi connectivity index (χ4n) is 2.74. The molecule has 0 unspecified atom stereocenters. The molecule has 0 spiro atoms. The fraction of sp³-hybridized carbons (Fsp3) is 0.692. The summed E-state index contributed by atoms with van der Waals surface area (Å²) in [4.78, 5) is 23.4. The van der Waals surface area contributed by atoms with E-state index >= 15 is 0 Å². The number of nitrogens with zero attached hydrogens (tertiary/aromatic N) is 3. The van der Waals surface area contributed by atoms with E-state index in [1.54, 1.807) is 6.33 Å². The molecule has 3 rings (SSSR count). The molecule has 2 saturated carbocycles. The van der Waals surface area contributed by atoms with Crippen molar-refractivity contribution in [2.45, 2.75) is 55.3 Å². The average molecular weight is 310 g/mol. The highest BCUT2D eigenvalue weighted by molar-refractivity contribution is 7.99. The summed E-state index contributed by atoms with van der Waals surface area (Å²) in [5.74, 6) is -1.02. The van der Waals surface area contributed by atoms with Gasteiger partial charge in [0.05, 0.1) is 5.75 Å². The summed E-state index contributed by atoms with van der Waals surface area (Å²) in [5, 5.41) is 20.7. The molecule has 21 heavy (non-hydrogen) atoms. The highest BCUT2D eigenvalue weighted by atomic mass is 32.2. The summed E-state index contributed by atoms with van der Waals surface area (Å²) in [5.41, 5.74) is -1.07. The van der Waals surface area contributed by atoms with Crippen LogP contribution < -0.4 is 5.32 Å². The molecule has 0 aliphatic heterocycles. The first-order valence-corrected chi connectivity index (χ1v) is 8.16. The predicted octanol–water partition coefficient (Wildman–Crippen LogP) is 1.22. The number of hydrogen-bond donors (Lipinski definition) is 2. The molecule has 1 heterocycles. The average Bonchev–Trinajstić information content (AvgIpc) is 3.00. The van der Waals surface area contributed by atoms with Gasteiger partial charge in [0.25, 0.3) is 0 Å². The van der Waals surface area contributed by atoms with Crippen LogP contribution in [0.5, 0.6) is 0 Å². The molecular weight excluding hydrogens is 292 g/mol. The van der Waals surface area contributed by atoms with E-state index in [1.807, 2.05) is 4.57 Å². The number of aliphatic carboxylic acids is 1. The zero-order valence-corrected chi connectivity index (χ0v) is 12.4. The smallest absolute Gasteiger partial charge is 0.329 e. The standard InChI is InChI=1S/C13H18N4O3S/c18-10(15-13(11(19)20)5-1-2-6-13)7-21-12-16-14-8-17(12)9-3-4-9/h8-9H,1-7H2,(H,15,18)(H,19,20). The minimum absolute atomic E-state index is 0.167. The van der Waals surface area contributed by atoms with Gasteiger partial charge >= 0.3 is 5.97 Å². The van der Waals surface area contributed by atoms with Crippen LogP contribution in [0.4, 0.5) is 0 Å². The molecular formula is C13H18N4O3S. The van der Waals surface area contributed by atoms with E-state index in [0.717, 1.165) is 30.8 Å². The Labute approximate surface area is 126 Å². The first kappa shape index (κ1) is 14.4. The van der Waals surface area contributed by atoms with Crippen molar-refractivity contribution in [3.63, 3.8) is 0 Å². The number of hydrogen-bond acceptors (Lipinski definition) is 5. The van der Waals surface area contributed by atoms with Gasteiger partial charge in [-0.3, -0.25) is 4.79 Å². The van der Waals surface area contributed by atoms with Gasteiger partial charge in [-0.25, -0.2) is 4.79 Å². The monoisotopic (exact) mass is 310 g/mol. The van der Waals surface area contributed by atoms with Crippen molar-refractivity contribution in [1.82, 2.24) is 20.1 Å². The largest absolute Gasteiger partial charge is 0.480 e. The van der Waals surface area contributed by atoms with Crippen LogP contribution in [0.1, 0.15) is 44.6 Å². The van der Waals surface area contributed by atoms with Crippen LogP contribution >= 0.6 is 11.8 Å². The van der Waals surface area contributed by atoms with Crippen molar-refractivity contribution in [2.24, 2.45) is 0 Å². The predicted molar refractivity (Wildman–Crippen MR) is 76.0 cm³/mol. The Morgan fingerprint density at radius 3 is 2.76 bits per heavy atom. The molecule has 0 bridgehead atoms. The molecule has 0 aromatic carbocycles. The van der Waals surface area contributed by atoms with Crippen molar-refractivity contribution in [3.05, 3.63) is 6.33 Å². The first-order valence-electron chi connectivity index (χ1n) is 7.17. The summed E-state index contributed by atoms with van der Waals surface area (Å²) in [6.07, 6.45) is 6.65. The van der Waals surface area contributed by atoms with Crippen molar-refractivity contribution < 1.29 is 14.7 Å². The summed E-state index contributed by atoms with van der Waals surface area (Å²) in [6, 6.07) is 0.464. The van der Waals surface area contributed by atoms with Crippen molar-refractivity contribution in [3.8, 4) is 0 Å². The van der Waals surface area contributed by atoms with Crippen LogP contribution in [-0.4, -0.2) is 43.0 Å². The van der Waals surface area contributed by atoms with E-state index in [-0.39, 0.29) is 11.7 Å². The lowest BCUT2D eigenvalue weighted by Gasteiger charge is -2.25.